The van der Waals surface area contributed by atoms with Crippen LogP contribution in [0.25, 0.3) is 0 Å². The third kappa shape index (κ3) is 31.5. The normalized spacial score (nSPS) is 13.8. The molecule has 0 aliphatic carbocycles. The van der Waals surface area contributed by atoms with Crippen LogP contribution in [0.2, 0.25) is 0 Å². The summed E-state index contributed by atoms with van der Waals surface area (Å²) in [5.74, 6) is -0.501. The van der Waals surface area contributed by atoms with Gasteiger partial charge >= 0.3 is 0 Å². The number of hydrogen-bond donors (Lipinski definition) is 4. The summed E-state index contributed by atoms with van der Waals surface area (Å²) in [6.07, 6.45) is 40.9. The zero-order valence-electron chi connectivity index (χ0n) is 30.3. The fraction of sp³-hybridized carbons (Fsp3) is 0.925. The van der Waals surface area contributed by atoms with Crippen LogP contribution in [0, 0.1) is 0 Å². The summed E-state index contributed by atoms with van der Waals surface area (Å²) < 4.78 is 0. The molecule has 0 fully saturated rings. The number of nitrogens with one attached hydrogen (secondary N) is 1. The number of rotatable bonds is 36. The highest BCUT2D eigenvalue weighted by Gasteiger charge is 2.22. The average Bonchev–Trinajstić information content (AvgIpc) is 3.04. The van der Waals surface area contributed by atoms with Gasteiger partial charge in [-0.05, 0) is 19.3 Å². The van der Waals surface area contributed by atoms with E-state index in [1.165, 1.54) is 161 Å². The summed E-state index contributed by atoms with van der Waals surface area (Å²) in [5.41, 5.74) is 0. The number of aliphatic hydroxyl groups excluding tert-OH is 3. The second-order valence-electron chi connectivity index (χ2n) is 13.9. The van der Waals surface area contributed by atoms with Gasteiger partial charge in [0, 0.05) is 0 Å². The summed E-state index contributed by atoms with van der Waals surface area (Å²) in [6.45, 7) is 4.18. The molecule has 268 valence electrons. The van der Waals surface area contributed by atoms with E-state index in [1.807, 2.05) is 6.08 Å². The molecule has 0 aromatic carbocycles. The van der Waals surface area contributed by atoms with Crippen molar-refractivity contribution in [2.75, 3.05) is 6.61 Å². The molecule has 0 aliphatic rings. The fourth-order valence-electron chi connectivity index (χ4n) is 6.18. The molecule has 0 spiro atoms. The van der Waals surface area contributed by atoms with Crippen molar-refractivity contribution in [2.24, 2.45) is 0 Å². The van der Waals surface area contributed by atoms with E-state index in [1.54, 1.807) is 6.08 Å². The molecular formula is C40H79NO4. The lowest BCUT2D eigenvalue weighted by molar-refractivity contribution is -0.131. The van der Waals surface area contributed by atoms with Crippen molar-refractivity contribution < 1.29 is 20.1 Å². The van der Waals surface area contributed by atoms with Crippen molar-refractivity contribution in [3.8, 4) is 0 Å². The van der Waals surface area contributed by atoms with Gasteiger partial charge in [0.25, 0.3) is 0 Å². The van der Waals surface area contributed by atoms with Crippen molar-refractivity contribution in [1.82, 2.24) is 5.32 Å². The number of amides is 1. The van der Waals surface area contributed by atoms with Crippen LogP contribution in [0.3, 0.4) is 0 Å². The Labute approximate surface area is 280 Å². The van der Waals surface area contributed by atoms with E-state index in [0.717, 1.165) is 32.1 Å². The maximum Gasteiger partial charge on any atom is 0.249 e. The highest BCUT2D eigenvalue weighted by molar-refractivity contribution is 5.80. The lowest BCUT2D eigenvalue weighted by atomic mass is 10.0. The minimum Gasteiger partial charge on any atom is -0.394 e. The smallest absolute Gasteiger partial charge is 0.249 e. The van der Waals surface area contributed by atoms with Gasteiger partial charge in [-0.25, -0.2) is 0 Å². The molecule has 1 unspecified atom stereocenters. The minimum absolute atomic E-state index is 0.360. The Balaban J connectivity index is 3.67. The topological polar surface area (TPSA) is 89.8 Å². The highest BCUT2D eigenvalue weighted by Crippen LogP contribution is 2.16. The molecular weight excluding hydrogens is 558 g/mol. The van der Waals surface area contributed by atoms with Crippen LogP contribution in [0.4, 0.5) is 0 Å². The molecule has 45 heavy (non-hydrogen) atoms. The number of hydrogen-bond acceptors (Lipinski definition) is 4. The van der Waals surface area contributed by atoms with Crippen molar-refractivity contribution >= 4 is 5.91 Å². The van der Waals surface area contributed by atoms with Gasteiger partial charge in [0.05, 0.1) is 18.8 Å². The van der Waals surface area contributed by atoms with Crippen molar-refractivity contribution in [2.45, 2.75) is 231 Å². The molecule has 0 bridgehead atoms. The number of aliphatic hydroxyl groups is 3. The zero-order valence-corrected chi connectivity index (χ0v) is 30.3. The predicted molar refractivity (Wildman–Crippen MR) is 195 cm³/mol. The first-order valence-corrected chi connectivity index (χ1v) is 20.0. The molecule has 5 nitrogen and oxygen atoms in total. The first-order valence-electron chi connectivity index (χ1n) is 20.0. The molecule has 0 aromatic heterocycles. The standard InChI is InChI=1S/C40H79NO4/c1-3-5-7-9-11-13-15-17-18-19-20-21-23-25-27-29-31-33-35-39(44)40(45)41-37(36-42)38(43)34-32-30-28-26-24-22-16-14-12-10-8-6-4-2/h32,34,37-39,42-44H,3-31,33,35-36H2,1-2H3,(H,41,45)/b34-32+/t37-,38+,39?/m0/s1. The molecule has 0 saturated carbocycles. The molecule has 0 saturated heterocycles. The van der Waals surface area contributed by atoms with Gasteiger partial charge in [0.2, 0.25) is 5.91 Å². The summed E-state index contributed by atoms with van der Waals surface area (Å²) in [5, 5.41) is 33.0. The van der Waals surface area contributed by atoms with E-state index in [4.69, 9.17) is 0 Å². The monoisotopic (exact) mass is 638 g/mol. The van der Waals surface area contributed by atoms with Gasteiger partial charge in [0.1, 0.15) is 6.10 Å². The Morgan fingerprint density at radius 2 is 0.867 bits per heavy atom. The molecule has 0 radical (unpaired) electrons. The van der Waals surface area contributed by atoms with E-state index < -0.39 is 24.2 Å². The first-order chi connectivity index (χ1) is 22.1. The van der Waals surface area contributed by atoms with E-state index >= 15 is 0 Å². The van der Waals surface area contributed by atoms with Crippen LogP contribution in [0.5, 0.6) is 0 Å². The van der Waals surface area contributed by atoms with Crippen molar-refractivity contribution in [3.63, 3.8) is 0 Å². The van der Waals surface area contributed by atoms with Gasteiger partial charge < -0.3 is 20.6 Å². The molecule has 4 N–H and O–H groups in total. The Morgan fingerprint density at radius 3 is 1.22 bits per heavy atom. The fourth-order valence-corrected chi connectivity index (χ4v) is 6.18. The van der Waals surface area contributed by atoms with Crippen LogP contribution in [-0.2, 0) is 4.79 Å². The third-order valence-electron chi connectivity index (χ3n) is 9.38. The number of carbonyl (C=O) groups excluding carboxylic acids is 1. The van der Waals surface area contributed by atoms with E-state index in [-0.39, 0.29) is 6.61 Å². The molecule has 0 aromatic rings. The second-order valence-corrected chi connectivity index (χ2v) is 13.9. The Bertz CT molecular complexity index is 625. The zero-order chi connectivity index (χ0) is 33.1. The van der Waals surface area contributed by atoms with Gasteiger partial charge in [-0.2, -0.15) is 0 Å². The van der Waals surface area contributed by atoms with Gasteiger partial charge in [-0.15, -0.1) is 0 Å². The summed E-state index contributed by atoms with van der Waals surface area (Å²) in [7, 11) is 0. The van der Waals surface area contributed by atoms with Crippen LogP contribution >= 0.6 is 0 Å². The molecule has 3 atom stereocenters. The maximum absolute atomic E-state index is 12.4. The first kappa shape index (κ1) is 44.1. The van der Waals surface area contributed by atoms with Crippen LogP contribution in [0.1, 0.15) is 213 Å². The van der Waals surface area contributed by atoms with Gasteiger partial charge in [0.15, 0.2) is 0 Å². The van der Waals surface area contributed by atoms with Gasteiger partial charge in [-0.1, -0.05) is 206 Å². The lowest BCUT2D eigenvalue weighted by Crippen LogP contribution is -2.48. The maximum atomic E-state index is 12.4. The Morgan fingerprint density at radius 1 is 0.533 bits per heavy atom. The predicted octanol–water partition coefficient (Wildman–Crippen LogP) is 10.9. The molecule has 1 amide bonds. The largest absolute Gasteiger partial charge is 0.394 e. The summed E-state index contributed by atoms with van der Waals surface area (Å²) >= 11 is 0. The van der Waals surface area contributed by atoms with E-state index in [2.05, 4.69) is 19.2 Å². The highest BCUT2D eigenvalue weighted by atomic mass is 16.3. The number of carbonyl (C=O) groups is 1. The van der Waals surface area contributed by atoms with Gasteiger partial charge in [-0.3, -0.25) is 4.79 Å². The average molecular weight is 638 g/mol. The Hall–Kier alpha value is -0.910. The summed E-state index contributed by atoms with van der Waals surface area (Å²) in [6, 6.07) is -0.791. The number of allylic oxidation sites excluding steroid dienone is 1. The Kier molecular flexibility index (Phi) is 35.2. The summed E-state index contributed by atoms with van der Waals surface area (Å²) in [4.78, 5) is 12.4. The van der Waals surface area contributed by atoms with Crippen molar-refractivity contribution in [1.29, 1.82) is 0 Å². The molecule has 0 aliphatic heterocycles. The minimum atomic E-state index is -1.09. The third-order valence-corrected chi connectivity index (χ3v) is 9.38. The molecule has 0 rings (SSSR count). The van der Waals surface area contributed by atoms with Crippen LogP contribution in [-0.4, -0.2) is 46.1 Å². The molecule has 0 heterocycles. The lowest BCUT2D eigenvalue weighted by Gasteiger charge is -2.21. The SMILES string of the molecule is CCCCCCCCCCCCC/C=C/[C@@H](O)[C@H](CO)NC(=O)C(O)CCCCCCCCCCCCCCCCCCCC. The van der Waals surface area contributed by atoms with E-state index in [9.17, 15) is 20.1 Å². The quantitative estimate of drug-likeness (QED) is 0.0406. The number of unbranched alkanes of at least 4 members (excludes halogenated alkanes) is 28. The van der Waals surface area contributed by atoms with Crippen LogP contribution < -0.4 is 5.32 Å². The van der Waals surface area contributed by atoms with E-state index in [0.29, 0.717) is 6.42 Å². The van der Waals surface area contributed by atoms with Crippen LogP contribution in [0.15, 0.2) is 12.2 Å². The molecule has 5 heteroatoms. The second kappa shape index (κ2) is 35.9. The van der Waals surface area contributed by atoms with Crippen molar-refractivity contribution in [3.05, 3.63) is 12.2 Å².